The molecule has 0 heterocycles. The van der Waals surface area contributed by atoms with Crippen LogP contribution in [0.15, 0.2) is 12.7 Å². The van der Waals surface area contributed by atoms with Crippen LogP contribution < -0.4 is 0 Å². The maximum atomic E-state index is 4.75. The summed E-state index contributed by atoms with van der Waals surface area (Å²) in [6.07, 6.45) is 10.4. The molecule has 0 aliphatic heterocycles. The molecule has 0 rings (SSSR count). The predicted molar refractivity (Wildman–Crippen MR) is 282 cm³/mol. The van der Waals surface area contributed by atoms with Crippen molar-refractivity contribution >= 4 is 0 Å². The van der Waals surface area contributed by atoms with E-state index in [2.05, 4.69) is 193 Å². The average molecular weight is 856 g/mol. The van der Waals surface area contributed by atoms with Crippen LogP contribution in [0.2, 0.25) is 0 Å². The van der Waals surface area contributed by atoms with Crippen molar-refractivity contribution in [1.29, 1.82) is 0 Å². The molecular formula is C61H122. The fourth-order valence-electron chi connectivity index (χ4n) is 14.3. The lowest BCUT2D eigenvalue weighted by molar-refractivity contribution is -0.0521. The van der Waals surface area contributed by atoms with Crippen LogP contribution in [0.1, 0.15) is 225 Å². The van der Waals surface area contributed by atoms with Crippen LogP contribution in [0.5, 0.6) is 0 Å². The molecule has 0 aromatic carbocycles. The van der Waals surface area contributed by atoms with Gasteiger partial charge in [-0.1, -0.05) is 225 Å². The van der Waals surface area contributed by atoms with Crippen molar-refractivity contribution < 1.29 is 0 Å². The van der Waals surface area contributed by atoms with E-state index in [0.29, 0.717) is 118 Å². The highest BCUT2D eigenvalue weighted by Gasteiger charge is 2.49. The van der Waals surface area contributed by atoms with Gasteiger partial charge in [-0.3, -0.25) is 0 Å². The first-order chi connectivity index (χ1) is 28.1. The summed E-state index contributed by atoms with van der Waals surface area (Å²) in [6, 6.07) is 0. The molecule has 0 aliphatic rings. The summed E-state index contributed by atoms with van der Waals surface area (Å²) in [7, 11) is 0. The van der Waals surface area contributed by atoms with E-state index in [0.717, 1.165) is 35.5 Å². The Bertz CT molecular complexity index is 1110. The molecular weight excluding hydrogens is 733 g/mol. The molecule has 0 saturated carbocycles. The normalized spacial score (nSPS) is 22.6. The minimum atomic E-state index is 0.535. The van der Waals surface area contributed by atoms with Gasteiger partial charge in [0.05, 0.1) is 0 Å². The fourth-order valence-corrected chi connectivity index (χ4v) is 14.3. The zero-order valence-corrected chi connectivity index (χ0v) is 47.5. The van der Waals surface area contributed by atoms with E-state index in [1.807, 2.05) is 0 Å². The van der Waals surface area contributed by atoms with E-state index in [4.69, 9.17) is 6.58 Å². The van der Waals surface area contributed by atoms with Crippen LogP contribution >= 0.6 is 0 Å². The Morgan fingerprint density at radius 1 is 0.295 bits per heavy atom. The maximum absolute atomic E-state index is 4.75. The quantitative estimate of drug-likeness (QED) is 0.0592. The largest absolute Gasteiger partial charge is 0.103 e. The van der Waals surface area contributed by atoms with Crippen LogP contribution in [0.4, 0.5) is 0 Å². The van der Waals surface area contributed by atoms with Gasteiger partial charge in [-0.05, 0) is 160 Å². The Labute approximate surface area is 390 Å². The molecule has 0 bridgehead atoms. The molecule has 0 amide bonds. The smallest absolute Gasteiger partial charge is 0.0169 e. The molecule has 0 radical (unpaired) electrons. The highest BCUT2D eigenvalue weighted by molar-refractivity contribution is 5.01. The molecule has 0 saturated heterocycles. The van der Waals surface area contributed by atoms with Crippen LogP contribution in [0.3, 0.4) is 0 Å². The lowest BCUT2D eigenvalue weighted by Gasteiger charge is -2.54. The van der Waals surface area contributed by atoms with Crippen LogP contribution in [0.25, 0.3) is 0 Å². The number of rotatable bonds is 32. The molecule has 0 nitrogen and oxygen atoms in total. The van der Waals surface area contributed by atoms with E-state index in [-0.39, 0.29) is 0 Å². The molecule has 0 N–H and O–H groups in total. The first kappa shape index (κ1) is 60.7. The van der Waals surface area contributed by atoms with Crippen LogP contribution in [0, 0.1) is 154 Å². The first-order valence-electron chi connectivity index (χ1n) is 27.8. The van der Waals surface area contributed by atoms with E-state index >= 15 is 0 Å². The summed E-state index contributed by atoms with van der Waals surface area (Å²) in [6.45, 7) is 74.4. The maximum Gasteiger partial charge on any atom is -0.0169 e. The van der Waals surface area contributed by atoms with Gasteiger partial charge in [0.25, 0.3) is 0 Å². The standard InChI is InChI=1S/C61H122/c1-29-33-55(52(28)60(50(26)46(22)38(9)10)54(32-4)57(40(13)14)43(19)30-2)53(31-3)61(47(23)39(11)12)56(35-34-44(20)36(5)6)59(42(17)18)58(41(15)16)51(27)49(25)48(24)45(21)37(7)8/h32,36-61H,4,29-31,33-35H2,1-3,5-28H3. The molecule has 0 fully saturated rings. The lowest BCUT2D eigenvalue weighted by Crippen LogP contribution is -2.48. The van der Waals surface area contributed by atoms with E-state index in [1.54, 1.807) is 0 Å². The van der Waals surface area contributed by atoms with Crippen LogP contribution in [-0.2, 0) is 0 Å². The Kier molecular flexibility index (Phi) is 28.6. The van der Waals surface area contributed by atoms with Gasteiger partial charge in [0.1, 0.15) is 0 Å². The molecule has 19 atom stereocenters. The zero-order chi connectivity index (χ0) is 48.0. The van der Waals surface area contributed by atoms with Gasteiger partial charge < -0.3 is 0 Å². The van der Waals surface area contributed by atoms with Gasteiger partial charge in [0.2, 0.25) is 0 Å². The Morgan fingerprint density at radius 2 is 0.721 bits per heavy atom. The lowest BCUT2D eigenvalue weighted by atomic mass is 9.51. The van der Waals surface area contributed by atoms with Crippen molar-refractivity contribution in [3.63, 3.8) is 0 Å². The van der Waals surface area contributed by atoms with E-state index in [9.17, 15) is 0 Å². The molecule has 19 unspecified atom stereocenters. The van der Waals surface area contributed by atoms with Crippen molar-refractivity contribution in [2.45, 2.75) is 225 Å². The highest BCUT2D eigenvalue weighted by Crippen LogP contribution is 2.56. The first-order valence-corrected chi connectivity index (χ1v) is 27.8. The third kappa shape index (κ3) is 16.5. The van der Waals surface area contributed by atoms with Crippen molar-refractivity contribution in [3.8, 4) is 0 Å². The van der Waals surface area contributed by atoms with Gasteiger partial charge in [0, 0.05) is 0 Å². The monoisotopic (exact) mass is 855 g/mol. The second-order valence-corrected chi connectivity index (χ2v) is 25.4. The van der Waals surface area contributed by atoms with Gasteiger partial charge in [-0.2, -0.15) is 0 Å². The van der Waals surface area contributed by atoms with Crippen molar-refractivity contribution in [2.24, 2.45) is 154 Å². The minimum Gasteiger partial charge on any atom is -0.103 e. The summed E-state index contributed by atoms with van der Waals surface area (Å²) in [5.41, 5.74) is 0. The molecule has 0 aliphatic carbocycles. The van der Waals surface area contributed by atoms with E-state index < -0.39 is 0 Å². The van der Waals surface area contributed by atoms with Crippen molar-refractivity contribution in [2.75, 3.05) is 0 Å². The SMILES string of the molecule is C=CC(C(C(C)C)C(C)CC)C(C(C)C(C)C(C)C)C(C)C(CCC)C(CC)C(C(C)C(C)C)C(CCC(C)C(C)C)C(C(C)C)C(C(C)C)C(C)C(C)C(C)C(C)C(C)C. The molecule has 0 aromatic rings. The van der Waals surface area contributed by atoms with Gasteiger partial charge in [-0.25, -0.2) is 0 Å². The van der Waals surface area contributed by atoms with Gasteiger partial charge >= 0.3 is 0 Å². The molecule has 0 aromatic heterocycles. The van der Waals surface area contributed by atoms with Crippen molar-refractivity contribution in [3.05, 3.63) is 12.7 Å². The third-order valence-corrected chi connectivity index (χ3v) is 20.0. The summed E-state index contributed by atoms with van der Waals surface area (Å²) in [4.78, 5) is 0. The summed E-state index contributed by atoms with van der Waals surface area (Å²) >= 11 is 0. The molecule has 366 valence electrons. The van der Waals surface area contributed by atoms with Crippen molar-refractivity contribution in [1.82, 2.24) is 0 Å². The minimum absolute atomic E-state index is 0.535. The number of hydrogen-bond acceptors (Lipinski definition) is 0. The van der Waals surface area contributed by atoms with Gasteiger partial charge in [0.15, 0.2) is 0 Å². The van der Waals surface area contributed by atoms with Crippen LogP contribution in [-0.4, -0.2) is 0 Å². The Hall–Kier alpha value is -0.260. The summed E-state index contributed by atoms with van der Waals surface area (Å²) in [5, 5.41) is 0. The van der Waals surface area contributed by atoms with E-state index in [1.165, 1.54) is 38.5 Å². The third-order valence-electron chi connectivity index (χ3n) is 20.0. The highest BCUT2D eigenvalue weighted by atomic mass is 14.5. The second-order valence-electron chi connectivity index (χ2n) is 25.4. The van der Waals surface area contributed by atoms with Gasteiger partial charge in [-0.15, -0.1) is 6.58 Å². The molecule has 0 heteroatoms. The molecule has 61 heavy (non-hydrogen) atoms. The Morgan fingerprint density at radius 3 is 1.08 bits per heavy atom. The average Bonchev–Trinajstić information content (AvgIpc) is 3.18. The predicted octanol–water partition coefficient (Wildman–Crippen LogP) is 20.1. The zero-order valence-electron chi connectivity index (χ0n) is 47.5. The fraction of sp³-hybridized carbons (Fsp3) is 0.967. The number of hydrogen-bond donors (Lipinski definition) is 0. The topological polar surface area (TPSA) is 0 Å². The number of allylic oxidation sites excluding steroid dienone is 1. The Balaban J connectivity index is 8.44. The molecule has 0 spiro atoms. The summed E-state index contributed by atoms with van der Waals surface area (Å²) in [5.74, 6) is 17.8. The summed E-state index contributed by atoms with van der Waals surface area (Å²) < 4.78 is 0. The second kappa shape index (κ2) is 28.7.